The minimum atomic E-state index is 0.338. The van der Waals surface area contributed by atoms with Gasteiger partial charge in [-0.2, -0.15) is 0 Å². The highest BCUT2D eigenvalue weighted by Crippen LogP contribution is 2.27. The first kappa shape index (κ1) is 10.8. The molecule has 17 heavy (non-hydrogen) atoms. The van der Waals surface area contributed by atoms with Crippen molar-refractivity contribution in [3.63, 3.8) is 0 Å². The highest BCUT2D eigenvalue weighted by atomic mass is 16.1. The van der Waals surface area contributed by atoms with Gasteiger partial charge in [-0.15, -0.1) is 0 Å². The average Bonchev–Trinajstić information content (AvgIpc) is 2.40. The molecule has 1 heterocycles. The van der Waals surface area contributed by atoms with Gasteiger partial charge in [0.15, 0.2) is 5.78 Å². The van der Waals surface area contributed by atoms with Crippen LogP contribution in [-0.4, -0.2) is 18.9 Å². The zero-order valence-corrected chi connectivity index (χ0v) is 10.2. The van der Waals surface area contributed by atoms with Crippen molar-refractivity contribution < 1.29 is 4.79 Å². The molecule has 0 bridgehead atoms. The Morgan fingerprint density at radius 1 is 0.941 bits per heavy atom. The van der Waals surface area contributed by atoms with Crippen LogP contribution >= 0.6 is 0 Å². The maximum absolute atomic E-state index is 11.9. The quantitative estimate of drug-likeness (QED) is 0.737. The van der Waals surface area contributed by atoms with Gasteiger partial charge in [0.05, 0.1) is 0 Å². The molecule has 0 N–H and O–H groups in total. The van der Waals surface area contributed by atoms with E-state index in [-0.39, 0.29) is 0 Å². The first-order chi connectivity index (χ1) is 8.34. The number of piperidine rings is 1. The molecule has 0 radical (unpaired) electrons. The normalized spacial score (nSPS) is 20.2. The summed E-state index contributed by atoms with van der Waals surface area (Å²) >= 11 is 0. The van der Waals surface area contributed by atoms with Crippen LogP contribution in [0, 0.1) is 0 Å². The molecule has 90 valence electrons. The van der Waals surface area contributed by atoms with E-state index in [2.05, 4.69) is 23.1 Å². The lowest BCUT2D eigenvalue weighted by molar-refractivity contribution is 0.0972. The number of carbonyl (C=O) groups excluding carboxylic acids is 1. The molecule has 2 aliphatic rings. The number of ketones is 1. The standard InChI is InChI=1S/C15H19NO/c17-15-6-4-5-12-7-8-13(11-14(12)15)16-9-2-1-3-10-16/h7-8,11H,1-6,9-10H2. The van der Waals surface area contributed by atoms with Crippen molar-refractivity contribution in [3.05, 3.63) is 29.3 Å². The van der Waals surface area contributed by atoms with Crippen LogP contribution in [0.1, 0.15) is 48.0 Å². The van der Waals surface area contributed by atoms with Gasteiger partial charge in [-0.1, -0.05) is 6.07 Å². The third kappa shape index (κ3) is 2.08. The number of nitrogens with zero attached hydrogens (tertiary/aromatic N) is 1. The first-order valence-corrected chi connectivity index (χ1v) is 6.76. The summed E-state index contributed by atoms with van der Waals surface area (Å²) in [6, 6.07) is 6.49. The highest BCUT2D eigenvalue weighted by molar-refractivity contribution is 5.99. The fourth-order valence-electron chi connectivity index (χ4n) is 2.96. The fourth-order valence-corrected chi connectivity index (χ4v) is 2.96. The molecule has 1 aromatic rings. The Kier molecular flexibility index (Phi) is 2.87. The molecule has 1 aromatic carbocycles. The van der Waals surface area contributed by atoms with Crippen LogP contribution in [0.2, 0.25) is 0 Å². The van der Waals surface area contributed by atoms with Gasteiger partial charge in [0.2, 0.25) is 0 Å². The van der Waals surface area contributed by atoms with Crippen LogP contribution in [0.5, 0.6) is 0 Å². The SMILES string of the molecule is O=C1CCCc2ccc(N3CCCCC3)cc21. The lowest BCUT2D eigenvalue weighted by Crippen LogP contribution is -2.29. The van der Waals surface area contributed by atoms with Crippen molar-refractivity contribution in [2.24, 2.45) is 0 Å². The molecule has 0 unspecified atom stereocenters. The second-order valence-electron chi connectivity index (χ2n) is 5.17. The van der Waals surface area contributed by atoms with Crippen LogP contribution in [0.4, 0.5) is 5.69 Å². The van der Waals surface area contributed by atoms with Gasteiger partial charge < -0.3 is 4.90 Å². The summed E-state index contributed by atoms with van der Waals surface area (Å²) in [5.41, 5.74) is 3.49. The van der Waals surface area contributed by atoms with Crippen molar-refractivity contribution in [3.8, 4) is 0 Å². The molecule has 0 amide bonds. The highest BCUT2D eigenvalue weighted by Gasteiger charge is 2.19. The van der Waals surface area contributed by atoms with E-state index in [0.29, 0.717) is 5.78 Å². The van der Waals surface area contributed by atoms with E-state index in [4.69, 9.17) is 0 Å². The van der Waals surface area contributed by atoms with Crippen LogP contribution in [0.15, 0.2) is 18.2 Å². The summed E-state index contributed by atoms with van der Waals surface area (Å²) in [5, 5.41) is 0. The minimum Gasteiger partial charge on any atom is -0.372 e. The Morgan fingerprint density at radius 3 is 2.59 bits per heavy atom. The Labute approximate surface area is 103 Å². The predicted octanol–water partition coefficient (Wildman–Crippen LogP) is 3.20. The topological polar surface area (TPSA) is 20.3 Å². The van der Waals surface area contributed by atoms with Crippen LogP contribution < -0.4 is 4.90 Å². The zero-order chi connectivity index (χ0) is 11.7. The smallest absolute Gasteiger partial charge is 0.163 e. The van der Waals surface area contributed by atoms with E-state index < -0.39 is 0 Å². The Hall–Kier alpha value is -1.31. The summed E-state index contributed by atoms with van der Waals surface area (Å²) in [6.45, 7) is 2.29. The number of hydrogen-bond acceptors (Lipinski definition) is 2. The maximum Gasteiger partial charge on any atom is 0.163 e. The fraction of sp³-hybridized carbons (Fsp3) is 0.533. The van der Waals surface area contributed by atoms with E-state index in [1.54, 1.807) is 0 Å². The van der Waals surface area contributed by atoms with Gasteiger partial charge in [0, 0.05) is 30.8 Å². The van der Waals surface area contributed by atoms with Crippen molar-refractivity contribution in [1.29, 1.82) is 0 Å². The third-order valence-electron chi connectivity index (χ3n) is 3.97. The van der Waals surface area contributed by atoms with E-state index >= 15 is 0 Å². The summed E-state index contributed by atoms with van der Waals surface area (Å²) in [4.78, 5) is 14.3. The van der Waals surface area contributed by atoms with Crippen molar-refractivity contribution in [2.75, 3.05) is 18.0 Å². The van der Waals surface area contributed by atoms with Crippen LogP contribution in [0.3, 0.4) is 0 Å². The number of anilines is 1. The molecule has 1 saturated heterocycles. The number of fused-ring (bicyclic) bond motifs is 1. The molecule has 0 spiro atoms. The van der Waals surface area contributed by atoms with Gasteiger partial charge in [-0.25, -0.2) is 0 Å². The summed E-state index contributed by atoms with van der Waals surface area (Å²) < 4.78 is 0. The van der Waals surface area contributed by atoms with E-state index in [0.717, 1.165) is 37.9 Å². The van der Waals surface area contributed by atoms with Crippen molar-refractivity contribution in [2.45, 2.75) is 38.5 Å². The Bertz CT molecular complexity index is 433. The third-order valence-corrected chi connectivity index (χ3v) is 3.97. The van der Waals surface area contributed by atoms with Crippen molar-refractivity contribution >= 4 is 11.5 Å². The van der Waals surface area contributed by atoms with E-state index in [1.807, 2.05) is 0 Å². The molecule has 1 aliphatic carbocycles. The molecule has 2 nitrogen and oxygen atoms in total. The van der Waals surface area contributed by atoms with E-state index in [1.165, 1.54) is 30.5 Å². The molecule has 0 aromatic heterocycles. The summed E-state index contributed by atoms with van der Waals surface area (Å²) in [7, 11) is 0. The lowest BCUT2D eigenvalue weighted by Gasteiger charge is -2.30. The molecule has 0 atom stereocenters. The van der Waals surface area contributed by atoms with Gasteiger partial charge in [0.1, 0.15) is 0 Å². The molecule has 0 saturated carbocycles. The largest absolute Gasteiger partial charge is 0.372 e. The molecule has 2 heteroatoms. The van der Waals surface area contributed by atoms with Crippen LogP contribution in [0.25, 0.3) is 0 Å². The zero-order valence-electron chi connectivity index (χ0n) is 10.2. The Balaban J connectivity index is 1.91. The second-order valence-corrected chi connectivity index (χ2v) is 5.17. The van der Waals surface area contributed by atoms with Crippen LogP contribution in [-0.2, 0) is 6.42 Å². The summed E-state index contributed by atoms with van der Waals surface area (Å²) in [5.74, 6) is 0.338. The van der Waals surface area contributed by atoms with Gasteiger partial charge in [0.25, 0.3) is 0 Å². The number of benzene rings is 1. The monoisotopic (exact) mass is 229 g/mol. The maximum atomic E-state index is 11.9. The second kappa shape index (κ2) is 4.52. The number of carbonyl (C=O) groups is 1. The average molecular weight is 229 g/mol. The lowest BCUT2D eigenvalue weighted by atomic mass is 9.90. The number of rotatable bonds is 1. The molecular weight excluding hydrogens is 210 g/mol. The minimum absolute atomic E-state index is 0.338. The van der Waals surface area contributed by atoms with Gasteiger partial charge in [-0.3, -0.25) is 4.79 Å². The molecule has 3 rings (SSSR count). The molecular formula is C15H19NO. The Morgan fingerprint density at radius 2 is 1.76 bits per heavy atom. The number of Topliss-reactive ketones (excluding diaryl/α,β-unsaturated/α-hetero) is 1. The predicted molar refractivity (Wildman–Crippen MR) is 69.8 cm³/mol. The molecule has 1 fully saturated rings. The number of hydrogen-bond donors (Lipinski definition) is 0. The summed E-state index contributed by atoms with van der Waals surface area (Å²) in [6.07, 6.45) is 6.74. The molecule has 1 aliphatic heterocycles. The van der Waals surface area contributed by atoms with Crippen molar-refractivity contribution in [1.82, 2.24) is 0 Å². The van der Waals surface area contributed by atoms with E-state index in [9.17, 15) is 4.79 Å². The first-order valence-electron chi connectivity index (χ1n) is 6.76. The number of aryl methyl sites for hydroxylation is 1. The van der Waals surface area contributed by atoms with Gasteiger partial charge >= 0.3 is 0 Å². The van der Waals surface area contributed by atoms with Gasteiger partial charge in [-0.05, 0) is 49.8 Å².